The molecule has 0 aromatic heterocycles. The second-order valence-corrected chi connectivity index (χ2v) is 7.03. The molecule has 21 heavy (non-hydrogen) atoms. The van der Waals surface area contributed by atoms with Gasteiger partial charge in [-0.05, 0) is 67.9 Å². The zero-order chi connectivity index (χ0) is 14.6. The minimum atomic E-state index is -1.04. The second kappa shape index (κ2) is 4.79. The molecule has 0 heterocycles. The average molecular weight is 291 g/mol. The molecule has 1 aromatic rings. The van der Waals surface area contributed by atoms with Gasteiger partial charge in [-0.2, -0.15) is 0 Å². The van der Waals surface area contributed by atoms with E-state index in [4.69, 9.17) is 0 Å². The molecule has 4 aliphatic carbocycles. The van der Waals surface area contributed by atoms with E-state index in [0.717, 1.165) is 17.9 Å². The smallest absolute Gasteiger partial charge is 0.254 e. The number of benzene rings is 1. The number of hydrogen-bond acceptors (Lipinski definition) is 1. The quantitative estimate of drug-likeness (QED) is 0.887. The Morgan fingerprint density at radius 2 is 1.62 bits per heavy atom. The lowest BCUT2D eigenvalue weighted by Crippen LogP contribution is -2.55. The van der Waals surface area contributed by atoms with E-state index in [2.05, 4.69) is 5.32 Å². The molecule has 0 radical (unpaired) electrons. The van der Waals surface area contributed by atoms with Gasteiger partial charge in [0.05, 0.1) is 5.56 Å². The number of carbonyl (C=O) groups is 1. The first kappa shape index (κ1) is 13.2. The molecule has 112 valence electrons. The fourth-order valence-corrected chi connectivity index (χ4v) is 5.07. The summed E-state index contributed by atoms with van der Waals surface area (Å²) in [5.74, 6) is 0.234. The molecular weight excluding hydrogens is 272 g/mol. The van der Waals surface area contributed by atoms with Gasteiger partial charge in [0.2, 0.25) is 0 Å². The van der Waals surface area contributed by atoms with Gasteiger partial charge in [-0.25, -0.2) is 8.78 Å². The van der Waals surface area contributed by atoms with E-state index in [1.54, 1.807) is 0 Å². The van der Waals surface area contributed by atoms with Crippen molar-refractivity contribution in [2.75, 3.05) is 0 Å². The Labute approximate surface area is 122 Å². The lowest BCUT2D eigenvalue weighted by atomic mass is 9.54. The van der Waals surface area contributed by atoms with Gasteiger partial charge in [0.15, 0.2) is 11.6 Å². The van der Waals surface area contributed by atoms with E-state index >= 15 is 0 Å². The molecule has 0 spiro atoms. The normalized spacial score (nSPS) is 36.8. The molecule has 1 aromatic carbocycles. The van der Waals surface area contributed by atoms with Crippen LogP contribution in [0.5, 0.6) is 0 Å². The minimum absolute atomic E-state index is 0.146. The lowest BCUT2D eigenvalue weighted by Gasteiger charge is -2.54. The Morgan fingerprint density at radius 3 is 2.24 bits per heavy atom. The maximum Gasteiger partial charge on any atom is 0.254 e. The summed E-state index contributed by atoms with van der Waals surface area (Å²) < 4.78 is 27.0. The molecule has 2 nitrogen and oxygen atoms in total. The van der Waals surface area contributed by atoms with Crippen molar-refractivity contribution in [1.82, 2.24) is 5.32 Å². The van der Waals surface area contributed by atoms with E-state index in [9.17, 15) is 13.6 Å². The first-order valence-corrected chi connectivity index (χ1v) is 7.86. The summed E-state index contributed by atoms with van der Waals surface area (Å²) in [5.41, 5.74) is -0.177. The van der Waals surface area contributed by atoms with Gasteiger partial charge < -0.3 is 5.32 Å². The number of amides is 1. The molecule has 4 saturated carbocycles. The third-order valence-electron chi connectivity index (χ3n) is 5.72. The van der Waals surface area contributed by atoms with E-state index in [1.165, 1.54) is 44.2 Å². The first-order valence-electron chi connectivity index (χ1n) is 7.86. The van der Waals surface area contributed by atoms with Crippen molar-refractivity contribution in [3.8, 4) is 0 Å². The maximum atomic E-state index is 13.7. The van der Waals surface area contributed by atoms with Crippen LogP contribution < -0.4 is 5.32 Å². The van der Waals surface area contributed by atoms with Gasteiger partial charge in [0.25, 0.3) is 5.91 Å². The fourth-order valence-electron chi connectivity index (χ4n) is 5.07. The Bertz CT molecular complexity index is 558. The predicted octanol–water partition coefficient (Wildman–Crippen LogP) is 3.52. The zero-order valence-electron chi connectivity index (χ0n) is 11.8. The molecule has 4 bridgehead atoms. The first-order chi connectivity index (χ1) is 10.1. The van der Waals surface area contributed by atoms with E-state index < -0.39 is 17.5 Å². The fraction of sp³-hybridized carbons (Fsp3) is 0.588. The van der Waals surface area contributed by atoms with Gasteiger partial charge in [-0.1, -0.05) is 6.07 Å². The number of nitrogens with one attached hydrogen (secondary N) is 1. The highest BCUT2D eigenvalue weighted by molar-refractivity contribution is 5.94. The van der Waals surface area contributed by atoms with E-state index in [-0.39, 0.29) is 11.6 Å². The third-order valence-corrected chi connectivity index (χ3v) is 5.72. The molecule has 4 fully saturated rings. The van der Waals surface area contributed by atoms with Crippen LogP contribution in [0.2, 0.25) is 0 Å². The molecule has 1 amide bonds. The molecule has 4 aliphatic rings. The highest BCUT2D eigenvalue weighted by Crippen LogP contribution is 2.53. The van der Waals surface area contributed by atoms with Crippen molar-refractivity contribution in [3.63, 3.8) is 0 Å². The second-order valence-electron chi connectivity index (χ2n) is 7.03. The van der Waals surface area contributed by atoms with Crippen molar-refractivity contribution in [2.45, 2.75) is 38.1 Å². The summed E-state index contributed by atoms with van der Waals surface area (Å²) in [6.07, 6.45) is 6.09. The van der Waals surface area contributed by atoms with Crippen LogP contribution in [-0.4, -0.2) is 11.9 Å². The maximum absolute atomic E-state index is 13.7. The topological polar surface area (TPSA) is 29.1 Å². The molecule has 5 rings (SSSR count). The van der Waals surface area contributed by atoms with Crippen molar-refractivity contribution < 1.29 is 13.6 Å². The van der Waals surface area contributed by atoms with Gasteiger partial charge in [-0.3, -0.25) is 4.79 Å². The van der Waals surface area contributed by atoms with Gasteiger partial charge in [-0.15, -0.1) is 0 Å². The van der Waals surface area contributed by atoms with Crippen LogP contribution in [0, 0.1) is 35.3 Å². The minimum Gasteiger partial charge on any atom is -0.349 e. The van der Waals surface area contributed by atoms with E-state index in [1.807, 2.05) is 0 Å². The van der Waals surface area contributed by atoms with Crippen molar-refractivity contribution >= 4 is 5.91 Å². The summed E-state index contributed by atoms with van der Waals surface area (Å²) in [6, 6.07) is 3.91. The summed E-state index contributed by atoms with van der Waals surface area (Å²) in [4.78, 5) is 12.3. The number of carbonyl (C=O) groups excluding carboxylic acids is 1. The number of hydrogen-bond donors (Lipinski definition) is 1. The van der Waals surface area contributed by atoms with Gasteiger partial charge in [0, 0.05) is 6.04 Å². The standard InChI is InChI=1S/C17H19F2NO/c18-14-3-1-2-13(15(14)19)17(21)20-16-11-5-9-4-10(7-11)8-12(16)6-9/h1-3,9-12,16H,4-8H2,(H,20,21). The molecule has 0 aliphatic heterocycles. The van der Waals surface area contributed by atoms with Crippen molar-refractivity contribution in [3.05, 3.63) is 35.4 Å². The average Bonchev–Trinajstić information content (AvgIpc) is 2.45. The molecule has 1 N–H and O–H groups in total. The van der Waals surface area contributed by atoms with Gasteiger partial charge >= 0.3 is 0 Å². The predicted molar refractivity (Wildman–Crippen MR) is 74.7 cm³/mol. The van der Waals surface area contributed by atoms with Crippen LogP contribution in [0.3, 0.4) is 0 Å². The number of halogens is 2. The molecular formula is C17H19F2NO. The van der Waals surface area contributed by atoms with Crippen molar-refractivity contribution in [2.24, 2.45) is 23.7 Å². The van der Waals surface area contributed by atoms with Crippen LogP contribution in [0.15, 0.2) is 18.2 Å². The zero-order valence-corrected chi connectivity index (χ0v) is 11.8. The SMILES string of the molecule is O=C(NC1C2CC3CC(C2)CC1C3)c1cccc(F)c1F. The van der Waals surface area contributed by atoms with Crippen LogP contribution in [0.25, 0.3) is 0 Å². The molecule has 0 saturated heterocycles. The Hall–Kier alpha value is -1.45. The Balaban J connectivity index is 1.53. The number of rotatable bonds is 2. The van der Waals surface area contributed by atoms with Crippen LogP contribution in [0.1, 0.15) is 42.5 Å². The van der Waals surface area contributed by atoms with E-state index in [0.29, 0.717) is 11.8 Å². The Morgan fingerprint density at radius 1 is 1.00 bits per heavy atom. The highest BCUT2D eigenvalue weighted by Gasteiger charge is 2.48. The van der Waals surface area contributed by atoms with Crippen LogP contribution in [-0.2, 0) is 0 Å². The molecule has 0 unspecified atom stereocenters. The molecule has 0 atom stereocenters. The summed E-state index contributed by atoms with van der Waals surface area (Å²) in [7, 11) is 0. The van der Waals surface area contributed by atoms with Gasteiger partial charge in [0.1, 0.15) is 0 Å². The molecule has 4 heteroatoms. The van der Waals surface area contributed by atoms with Crippen LogP contribution in [0.4, 0.5) is 8.78 Å². The monoisotopic (exact) mass is 291 g/mol. The van der Waals surface area contributed by atoms with Crippen molar-refractivity contribution in [1.29, 1.82) is 0 Å². The highest BCUT2D eigenvalue weighted by atomic mass is 19.2. The Kier molecular flexibility index (Phi) is 3.02. The summed E-state index contributed by atoms with van der Waals surface area (Å²) in [5, 5.41) is 3.00. The van der Waals surface area contributed by atoms with Crippen LogP contribution >= 0.6 is 0 Å². The summed E-state index contributed by atoms with van der Waals surface area (Å²) in [6.45, 7) is 0. The largest absolute Gasteiger partial charge is 0.349 e. The third kappa shape index (κ3) is 2.16. The lowest BCUT2D eigenvalue weighted by molar-refractivity contribution is -0.0120. The summed E-state index contributed by atoms with van der Waals surface area (Å²) >= 11 is 0.